The van der Waals surface area contributed by atoms with Crippen molar-refractivity contribution in [2.24, 2.45) is 5.41 Å². The van der Waals surface area contributed by atoms with Gasteiger partial charge in [0.1, 0.15) is 23.8 Å². The summed E-state index contributed by atoms with van der Waals surface area (Å²) in [7, 11) is 0. The summed E-state index contributed by atoms with van der Waals surface area (Å²) in [6, 6.07) is 2.27. The van der Waals surface area contributed by atoms with E-state index in [1.165, 1.54) is 12.5 Å². The molecule has 0 aliphatic heterocycles. The first kappa shape index (κ1) is 20.7. The molecule has 0 spiro atoms. The molecular formula is C20H27N7O2. The second-order valence-corrected chi connectivity index (χ2v) is 7.83. The Hall–Kier alpha value is -2.99. The second kappa shape index (κ2) is 9.01. The van der Waals surface area contributed by atoms with Gasteiger partial charge in [0, 0.05) is 18.8 Å². The number of ether oxygens (including phenoxy) is 1. The van der Waals surface area contributed by atoms with Crippen LogP contribution in [0.25, 0.3) is 0 Å². The highest BCUT2D eigenvalue weighted by Gasteiger charge is 2.35. The van der Waals surface area contributed by atoms with Gasteiger partial charge in [-0.1, -0.05) is 13.8 Å². The largest absolute Gasteiger partial charge is 0.478 e. The summed E-state index contributed by atoms with van der Waals surface area (Å²) in [5.41, 5.74) is 0.997. The van der Waals surface area contributed by atoms with Crippen LogP contribution in [0.1, 0.15) is 51.2 Å². The first-order chi connectivity index (χ1) is 13.9. The predicted molar refractivity (Wildman–Crippen MR) is 108 cm³/mol. The molecule has 2 heterocycles. The van der Waals surface area contributed by atoms with Crippen molar-refractivity contribution >= 4 is 11.8 Å². The van der Waals surface area contributed by atoms with E-state index in [4.69, 9.17) is 4.74 Å². The van der Waals surface area contributed by atoms with Gasteiger partial charge < -0.3 is 20.5 Å². The normalized spacial score (nSPS) is 20.5. The number of nitriles is 1. The summed E-state index contributed by atoms with van der Waals surface area (Å²) in [5.74, 6) is 1.41. The van der Waals surface area contributed by atoms with E-state index < -0.39 is 0 Å². The molecule has 3 N–H and O–H groups in total. The maximum atomic E-state index is 10.2. The Kier molecular flexibility index (Phi) is 6.44. The SMILES string of the molecule is CCOc1ncncc1CNc1ncc(C#N)c(N[C@@H]2CC[C@H](O)C(C)(C)C2)n1. The topological polar surface area (TPSA) is 129 Å². The van der Waals surface area contributed by atoms with Gasteiger partial charge in [0.25, 0.3) is 0 Å². The van der Waals surface area contributed by atoms with Gasteiger partial charge >= 0.3 is 0 Å². The van der Waals surface area contributed by atoms with Gasteiger partial charge in [0.15, 0.2) is 0 Å². The van der Waals surface area contributed by atoms with E-state index in [-0.39, 0.29) is 17.6 Å². The summed E-state index contributed by atoms with van der Waals surface area (Å²) < 4.78 is 5.51. The first-order valence-corrected chi connectivity index (χ1v) is 9.80. The lowest BCUT2D eigenvalue weighted by Gasteiger charge is -2.40. The van der Waals surface area contributed by atoms with Crippen LogP contribution in [0.5, 0.6) is 5.88 Å². The number of aliphatic hydroxyl groups excluding tert-OH is 1. The first-order valence-electron chi connectivity index (χ1n) is 9.80. The lowest BCUT2D eigenvalue weighted by Crippen LogP contribution is -2.41. The number of nitrogens with zero attached hydrogens (tertiary/aromatic N) is 5. The molecule has 1 aliphatic rings. The maximum Gasteiger partial charge on any atom is 0.224 e. The molecule has 2 atom stereocenters. The molecule has 9 heteroatoms. The van der Waals surface area contributed by atoms with Gasteiger partial charge in [-0.3, -0.25) is 0 Å². The summed E-state index contributed by atoms with van der Waals surface area (Å²) in [6.45, 7) is 6.91. The minimum Gasteiger partial charge on any atom is -0.478 e. The van der Waals surface area contributed by atoms with Gasteiger partial charge in [-0.2, -0.15) is 10.2 Å². The molecule has 29 heavy (non-hydrogen) atoms. The van der Waals surface area contributed by atoms with Crippen LogP contribution in [-0.4, -0.2) is 43.8 Å². The van der Waals surface area contributed by atoms with Crippen LogP contribution in [0.3, 0.4) is 0 Å². The van der Waals surface area contributed by atoms with Crippen LogP contribution >= 0.6 is 0 Å². The third kappa shape index (κ3) is 5.09. The van der Waals surface area contributed by atoms with E-state index in [1.54, 1.807) is 6.20 Å². The monoisotopic (exact) mass is 397 g/mol. The van der Waals surface area contributed by atoms with Crippen molar-refractivity contribution in [1.29, 1.82) is 5.26 Å². The lowest BCUT2D eigenvalue weighted by molar-refractivity contribution is 0.00926. The zero-order valence-corrected chi connectivity index (χ0v) is 17.0. The third-order valence-corrected chi connectivity index (χ3v) is 5.18. The van der Waals surface area contributed by atoms with Crippen molar-refractivity contribution in [2.45, 2.75) is 58.7 Å². The van der Waals surface area contributed by atoms with E-state index in [0.29, 0.717) is 36.4 Å². The molecule has 0 aromatic carbocycles. The van der Waals surface area contributed by atoms with E-state index in [0.717, 1.165) is 24.8 Å². The fourth-order valence-electron chi connectivity index (χ4n) is 3.51. The molecule has 0 amide bonds. The summed E-state index contributed by atoms with van der Waals surface area (Å²) in [6.07, 6.45) is 6.65. The average Bonchev–Trinajstić information content (AvgIpc) is 2.70. The van der Waals surface area contributed by atoms with Gasteiger partial charge in [-0.05, 0) is 31.6 Å². The number of hydrogen-bond acceptors (Lipinski definition) is 9. The molecule has 0 unspecified atom stereocenters. The zero-order chi connectivity index (χ0) is 20.9. The van der Waals surface area contributed by atoms with E-state index in [2.05, 4.69) is 50.5 Å². The van der Waals surface area contributed by atoms with Crippen molar-refractivity contribution in [2.75, 3.05) is 17.2 Å². The number of nitrogens with one attached hydrogen (secondary N) is 2. The van der Waals surface area contributed by atoms with Crippen molar-refractivity contribution in [1.82, 2.24) is 19.9 Å². The van der Waals surface area contributed by atoms with Crippen LogP contribution in [0.4, 0.5) is 11.8 Å². The predicted octanol–water partition coefficient (Wildman–Crippen LogP) is 2.50. The molecule has 2 aromatic heterocycles. The van der Waals surface area contributed by atoms with Crippen LogP contribution in [0.15, 0.2) is 18.7 Å². The van der Waals surface area contributed by atoms with E-state index in [1.807, 2.05) is 6.92 Å². The Balaban J connectivity index is 1.72. The molecule has 9 nitrogen and oxygen atoms in total. The molecule has 0 saturated heterocycles. The van der Waals surface area contributed by atoms with Crippen molar-refractivity contribution in [3.05, 3.63) is 29.8 Å². The van der Waals surface area contributed by atoms with Crippen LogP contribution in [-0.2, 0) is 6.54 Å². The summed E-state index contributed by atoms with van der Waals surface area (Å²) >= 11 is 0. The second-order valence-electron chi connectivity index (χ2n) is 7.83. The van der Waals surface area contributed by atoms with E-state index >= 15 is 0 Å². The zero-order valence-electron chi connectivity index (χ0n) is 17.0. The van der Waals surface area contributed by atoms with Crippen LogP contribution < -0.4 is 15.4 Å². The number of hydrogen-bond donors (Lipinski definition) is 3. The average molecular weight is 397 g/mol. The van der Waals surface area contributed by atoms with Crippen LogP contribution in [0.2, 0.25) is 0 Å². The highest BCUT2D eigenvalue weighted by molar-refractivity contribution is 5.54. The van der Waals surface area contributed by atoms with Gasteiger partial charge in [-0.25, -0.2) is 15.0 Å². The molecule has 2 aromatic rings. The fraction of sp³-hybridized carbons (Fsp3) is 0.550. The van der Waals surface area contributed by atoms with Gasteiger partial charge in [-0.15, -0.1) is 0 Å². The number of aliphatic hydroxyl groups is 1. The molecule has 1 aliphatic carbocycles. The molecule has 3 rings (SSSR count). The smallest absolute Gasteiger partial charge is 0.224 e. The highest BCUT2D eigenvalue weighted by Crippen LogP contribution is 2.37. The quantitative estimate of drug-likeness (QED) is 0.645. The Labute approximate surface area is 170 Å². The minimum absolute atomic E-state index is 0.135. The molecule has 0 radical (unpaired) electrons. The number of anilines is 2. The van der Waals surface area contributed by atoms with E-state index in [9.17, 15) is 10.4 Å². The number of aromatic nitrogens is 4. The fourth-order valence-corrected chi connectivity index (χ4v) is 3.51. The molecular weight excluding hydrogens is 370 g/mol. The lowest BCUT2D eigenvalue weighted by atomic mass is 9.73. The summed E-state index contributed by atoms with van der Waals surface area (Å²) in [4.78, 5) is 16.9. The standard InChI is InChI=1S/C20H27N7O2/c1-4-29-18-14(9-22-12-25-18)11-24-19-23-10-13(8-21)17(27-19)26-15-5-6-16(28)20(2,3)7-15/h9-10,12,15-16,28H,4-7,11H2,1-3H3,(H2,23,24,26,27)/t15-,16+/m1/s1. The molecule has 0 bridgehead atoms. The van der Waals surface area contributed by atoms with Crippen LogP contribution in [0, 0.1) is 16.7 Å². The maximum absolute atomic E-state index is 10.2. The Morgan fingerprint density at radius 1 is 1.31 bits per heavy atom. The van der Waals surface area contributed by atoms with Gasteiger partial charge in [0.2, 0.25) is 11.8 Å². The number of rotatable bonds is 7. The van der Waals surface area contributed by atoms with Gasteiger partial charge in [0.05, 0.1) is 24.5 Å². The van der Waals surface area contributed by atoms with Crippen molar-refractivity contribution < 1.29 is 9.84 Å². The Morgan fingerprint density at radius 3 is 2.86 bits per heavy atom. The van der Waals surface area contributed by atoms with Crippen molar-refractivity contribution in [3.8, 4) is 11.9 Å². The molecule has 1 fully saturated rings. The van der Waals surface area contributed by atoms with Crippen molar-refractivity contribution in [3.63, 3.8) is 0 Å². The Bertz CT molecular complexity index is 881. The Morgan fingerprint density at radius 2 is 2.14 bits per heavy atom. The minimum atomic E-state index is -0.314. The third-order valence-electron chi connectivity index (χ3n) is 5.18. The summed E-state index contributed by atoms with van der Waals surface area (Å²) in [5, 5.41) is 26.1. The highest BCUT2D eigenvalue weighted by atomic mass is 16.5. The molecule has 1 saturated carbocycles. The molecule has 154 valence electrons.